The van der Waals surface area contributed by atoms with Gasteiger partial charge in [-0.15, -0.1) is 0 Å². The van der Waals surface area contributed by atoms with E-state index in [0.29, 0.717) is 5.56 Å². The molecule has 230 valence electrons. The van der Waals surface area contributed by atoms with Crippen molar-refractivity contribution in [2.45, 2.75) is 85.0 Å². The van der Waals surface area contributed by atoms with Gasteiger partial charge in [-0.05, 0) is 67.2 Å². The maximum Gasteiger partial charge on any atom is 0.201 e. The van der Waals surface area contributed by atoms with E-state index < -0.39 is 5.92 Å². The van der Waals surface area contributed by atoms with Gasteiger partial charge in [0, 0.05) is 37.6 Å². The van der Waals surface area contributed by atoms with Gasteiger partial charge in [-0.3, -0.25) is 9.59 Å². The van der Waals surface area contributed by atoms with Gasteiger partial charge < -0.3 is 20.0 Å². The van der Waals surface area contributed by atoms with E-state index in [2.05, 4.69) is 37.5 Å². The third kappa shape index (κ3) is 7.06. The van der Waals surface area contributed by atoms with Gasteiger partial charge in [0.15, 0.2) is 5.78 Å². The van der Waals surface area contributed by atoms with E-state index in [1.807, 2.05) is 48.5 Å². The molecule has 4 rings (SSSR count). The van der Waals surface area contributed by atoms with Crippen molar-refractivity contribution in [3.63, 3.8) is 0 Å². The molecule has 1 unspecified atom stereocenters. The highest BCUT2D eigenvalue weighted by atomic mass is 16.3. The first kappa shape index (κ1) is 32.1. The molecule has 0 spiro atoms. The SMILES string of the molecule is CCCCN(CCCC)c1ccc(C2=C(O)/C(=C/C3=C(O)C(c4ccc(N(CCCC)CCCC)cc4)C3=O)C2=O)cc1. The zero-order valence-corrected chi connectivity index (χ0v) is 26.4. The van der Waals surface area contributed by atoms with Crippen LogP contribution < -0.4 is 9.80 Å². The van der Waals surface area contributed by atoms with Crippen LogP contribution in [-0.4, -0.2) is 48.0 Å². The molecule has 0 amide bonds. The Morgan fingerprint density at radius 2 is 1.12 bits per heavy atom. The number of aliphatic hydroxyl groups excluding tert-OH is 2. The largest absolute Gasteiger partial charge is 0.510 e. The number of Topliss-reactive ketones (excluding diaryl/α,β-unsaturated/α-hetero) is 2. The molecule has 6 nitrogen and oxygen atoms in total. The van der Waals surface area contributed by atoms with E-state index in [0.717, 1.165) is 94.5 Å². The Morgan fingerprint density at radius 1 is 0.674 bits per heavy atom. The number of aliphatic hydroxyl groups is 2. The van der Waals surface area contributed by atoms with Crippen LogP contribution in [-0.2, 0) is 9.59 Å². The molecule has 2 aliphatic rings. The first-order valence-electron chi connectivity index (χ1n) is 16.2. The molecule has 0 radical (unpaired) electrons. The zero-order chi connectivity index (χ0) is 30.9. The van der Waals surface area contributed by atoms with Gasteiger partial charge >= 0.3 is 0 Å². The standard InChI is InChI=1S/C37H48N2O4/c1-5-9-21-38(22-10-6-2)28-17-13-26(14-18-28)32-34(40)30(35(32)41)25-31-36(42)33(37(31)43)27-15-19-29(20-16-27)39(23-11-7-3)24-12-8-4/h13-20,25,32,40,42H,5-12,21-24H2,1-4H3/b31-25-. The number of anilines is 2. The molecule has 2 N–H and O–H groups in total. The van der Waals surface area contributed by atoms with Crippen LogP contribution in [0.25, 0.3) is 5.57 Å². The van der Waals surface area contributed by atoms with E-state index in [1.54, 1.807) is 0 Å². The minimum absolute atomic E-state index is 0.0586. The molecule has 0 bridgehead atoms. The summed E-state index contributed by atoms with van der Waals surface area (Å²) in [6, 6.07) is 15.6. The van der Waals surface area contributed by atoms with Crippen LogP contribution in [0.15, 0.2) is 77.3 Å². The topological polar surface area (TPSA) is 81.1 Å². The molecular weight excluding hydrogens is 536 g/mol. The molecular formula is C37H48N2O4. The van der Waals surface area contributed by atoms with Crippen molar-refractivity contribution < 1.29 is 19.8 Å². The Kier molecular flexibility index (Phi) is 11.3. The highest BCUT2D eigenvalue weighted by Gasteiger charge is 2.42. The van der Waals surface area contributed by atoms with Gasteiger partial charge in [0.05, 0.1) is 16.7 Å². The lowest BCUT2D eigenvalue weighted by molar-refractivity contribution is -0.119. The van der Waals surface area contributed by atoms with Crippen molar-refractivity contribution in [3.8, 4) is 0 Å². The van der Waals surface area contributed by atoms with Crippen LogP contribution in [0.2, 0.25) is 0 Å². The molecule has 1 atom stereocenters. The summed E-state index contributed by atoms with van der Waals surface area (Å²) in [6.45, 7) is 12.7. The minimum Gasteiger partial charge on any atom is -0.510 e. The molecule has 0 aromatic heterocycles. The lowest BCUT2D eigenvalue weighted by Gasteiger charge is -2.29. The third-order valence-corrected chi connectivity index (χ3v) is 8.57. The van der Waals surface area contributed by atoms with Crippen molar-refractivity contribution in [1.82, 2.24) is 0 Å². The maximum atomic E-state index is 13.1. The van der Waals surface area contributed by atoms with Gasteiger partial charge in [-0.1, -0.05) is 77.6 Å². The Hall–Kier alpha value is -3.80. The van der Waals surface area contributed by atoms with E-state index in [1.165, 1.54) is 6.08 Å². The van der Waals surface area contributed by atoms with Crippen LogP contribution in [0.3, 0.4) is 0 Å². The second-order valence-electron chi connectivity index (χ2n) is 11.7. The Labute approximate surface area is 257 Å². The molecule has 2 aromatic carbocycles. The quantitative estimate of drug-likeness (QED) is 0.182. The van der Waals surface area contributed by atoms with Gasteiger partial charge in [0.1, 0.15) is 17.4 Å². The fourth-order valence-corrected chi connectivity index (χ4v) is 5.76. The first-order chi connectivity index (χ1) is 20.9. The predicted molar refractivity (Wildman–Crippen MR) is 177 cm³/mol. The van der Waals surface area contributed by atoms with Crippen molar-refractivity contribution in [3.05, 3.63) is 88.4 Å². The summed E-state index contributed by atoms with van der Waals surface area (Å²) in [5.74, 6) is -1.50. The molecule has 0 heterocycles. The highest BCUT2D eigenvalue weighted by Crippen LogP contribution is 2.43. The van der Waals surface area contributed by atoms with Crippen LogP contribution in [0.5, 0.6) is 0 Å². The fraction of sp³-hybridized carbons (Fsp3) is 0.459. The maximum absolute atomic E-state index is 13.1. The normalized spacial score (nSPS) is 17.4. The Balaban J connectivity index is 1.48. The molecule has 0 fully saturated rings. The molecule has 6 heteroatoms. The lowest BCUT2D eigenvalue weighted by atomic mass is 9.74. The van der Waals surface area contributed by atoms with Gasteiger partial charge in [-0.25, -0.2) is 0 Å². The molecule has 0 aliphatic heterocycles. The second-order valence-corrected chi connectivity index (χ2v) is 11.7. The van der Waals surface area contributed by atoms with E-state index >= 15 is 0 Å². The number of carbonyl (C=O) groups is 2. The molecule has 2 aromatic rings. The fourth-order valence-electron chi connectivity index (χ4n) is 5.76. The van der Waals surface area contributed by atoms with E-state index in [-0.39, 0.29) is 39.8 Å². The number of benzene rings is 2. The van der Waals surface area contributed by atoms with Crippen molar-refractivity contribution in [2.75, 3.05) is 36.0 Å². The van der Waals surface area contributed by atoms with E-state index in [4.69, 9.17) is 0 Å². The second kappa shape index (κ2) is 15.1. The number of hydrogen-bond acceptors (Lipinski definition) is 6. The zero-order valence-electron chi connectivity index (χ0n) is 26.4. The van der Waals surface area contributed by atoms with Crippen molar-refractivity contribution >= 4 is 28.5 Å². The average molecular weight is 585 g/mol. The predicted octanol–water partition coefficient (Wildman–Crippen LogP) is 8.46. The number of rotatable bonds is 17. The molecule has 2 aliphatic carbocycles. The molecule has 0 saturated carbocycles. The summed E-state index contributed by atoms with van der Waals surface area (Å²) in [5, 5.41) is 21.6. The van der Waals surface area contributed by atoms with Gasteiger partial charge in [0.25, 0.3) is 0 Å². The lowest BCUT2D eigenvalue weighted by Crippen LogP contribution is -2.30. The summed E-state index contributed by atoms with van der Waals surface area (Å²) in [7, 11) is 0. The smallest absolute Gasteiger partial charge is 0.201 e. The number of allylic oxidation sites excluding steroid dienone is 5. The van der Waals surface area contributed by atoms with Crippen LogP contribution >= 0.6 is 0 Å². The molecule has 43 heavy (non-hydrogen) atoms. The monoisotopic (exact) mass is 584 g/mol. The van der Waals surface area contributed by atoms with Crippen LogP contribution in [0.4, 0.5) is 11.4 Å². The minimum atomic E-state index is -0.739. The summed E-state index contributed by atoms with van der Waals surface area (Å²) >= 11 is 0. The summed E-state index contributed by atoms with van der Waals surface area (Å²) in [5.41, 5.74) is 4.02. The Bertz CT molecular complexity index is 1350. The van der Waals surface area contributed by atoms with E-state index in [9.17, 15) is 19.8 Å². The van der Waals surface area contributed by atoms with Crippen LogP contribution in [0.1, 0.15) is 96.1 Å². The number of nitrogens with zero attached hydrogens (tertiary/aromatic N) is 2. The first-order valence-corrected chi connectivity index (χ1v) is 16.2. The summed E-state index contributed by atoms with van der Waals surface area (Å²) in [4.78, 5) is 30.9. The van der Waals surface area contributed by atoms with Gasteiger partial charge in [-0.2, -0.15) is 0 Å². The van der Waals surface area contributed by atoms with Crippen molar-refractivity contribution in [1.29, 1.82) is 0 Å². The third-order valence-electron chi connectivity index (χ3n) is 8.57. The summed E-state index contributed by atoms with van der Waals surface area (Å²) < 4.78 is 0. The summed E-state index contributed by atoms with van der Waals surface area (Å²) in [6.07, 6.45) is 10.3. The Morgan fingerprint density at radius 3 is 1.51 bits per heavy atom. The van der Waals surface area contributed by atoms with Crippen LogP contribution in [0, 0.1) is 0 Å². The van der Waals surface area contributed by atoms with Gasteiger partial charge in [0.2, 0.25) is 5.78 Å². The number of unbranched alkanes of at least 4 members (excludes halogenated alkanes) is 4. The average Bonchev–Trinajstić information content (AvgIpc) is 3.02. The highest BCUT2D eigenvalue weighted by molar-refractivity contribution is 6.39. The van der Waals surface area contributed by atoms with Crippen molar-refractivity contribution in [2.24, 2.45) is 0 Å². The molecule has 0 saturated heterocycles. The number of ketones is 2. The number of hydrogen-bond donors (Lipinski definition) is 2. The number of carbonyl (C=O) groups excluding carboxylic acids is 2.